The van der Waals surface area contributed by atoms with Gasteiger partial charge in [0.2, 0.25) is 0 Å². The third-order valence-corrected chi connectivity index (χ3v) is 3.39. The highest BCUT2D eigenvalue weighted by molar-refractivity contribution is 7.99. The zero-order valence-corrected chi connectivity index (χ0v) is 11.1. The van der Waals surface area contributed by atoms with E-state index < -0.39 is 0 Å². The maximum Gasteiger partial charge on any atom is 0.193 e. The molecule has 0 unspecified atom stereocenters. The van der Waals surface area contributed by atoms with Gasteiger partial charge in [0.05, 0.1) is 13.2 Å². The maximum absolute atomic E-state index is 5.57. The molecule has 0 atom stereocenters. The first kappa shape index (κ1) is 13.1. The molecule has 0 aliphatic rings. The topological polar surface area (TPSA) is 66.0 Å². The lowest BCUT2D eigenvalue weighted by Crippen LogP contribution is -2.05. The molecule has 96 valence electrons. The van der Waals surface area contributed by atoms with Crippen LogP contribution >= 0.6 is 11.8 Å². The zero-order chi connectivity index (χ0) is 12.8. The summed E-state index contributed by atoms with van der Waals surface area (Å²) >= 11 is 1.51. The van der Waals surface area contributed by atoms with E-state index in [0.29, 0.717) is 19.1 Å². The lowest BCUT2D eigenvalue weighted by atomic mass is 10.2. The van der Waals surface area contributed by atoms with Crippen molar-refractivity contribution in [2.75, 3.05) is 5.94 Å². The predicted octanol–water partition coefficient (Wildman–Crippen LogP) is 1.54. The second kappa shape index (κ2) is 6.53. The highest BCUT2D eigenvalue weighted by Crippen LogP contribution is 2.16. The SMILES string of the molecule is Cn1c(CN)nnc1SCOCc1ccccc1. The van der Waals surface area contributed by atoms with Crippen LogP contribution in [0.5, 0.6) is 0 Å². The first-order valence-corrected chi connectivity index (χ1v) is 6.62. The molecule has 0 radical (unpaired) electrons. The van der Waals surface area contributed by atoms with Gasteiger partial charge in [-0.25, -0.2) is 0 Å². The van der Waals surface area contributed by atoms with Gasteiger partial charge in [-0.15, -0.1) is 10.2 Å². The number of hydrogen-bond acceptors (Lipinski definition) is 5. The van der Waals surface area contributed by atoms with Crippen LogP contribution in [0.25, 0.3) is 0 Å². The average molecular weight is 264 g/mol. The molecular formula is C12H16N4OS. The van der Waals surface area contributed by atoms with Gasteiger partial charge in [0, 0.05) is 7.05 Å². The lowest BCUT2D eigenvalue weighted by Gasteiger charge is -2.04. The van der Waals surface area contributed by atoms with E-state index >= 15 is 0 Å². The molecule has 1 aromatic carbocycles. The summed E-state index contributed by atoms with van der Waals surface area (Å²) in [6.07, 6.45) is 0. The van der Waals surface area contributed by atoms with Gasteiger partial charge in [-0.3, -0.25) is 0 Å². The molecule has 1 heterocycles. The average Bonchev–Trinajstić information content (AvgIpc) is 2.77. The predicted molar refractivity (Wildman–Crippen MR) is 70.8 cm³/mol. The third kappa shape index (κ3) is 3.32. The van der Waals surface area contributed by atoms with Gasteiger partial charge in [0.15, 0.2) is 5.16 Å². The molecule has 18 heavy (non-hydrogen) atoms. The van der Waals surface area contributed by atoms with Crippen molar-refractivity contribution in [1.29, 1.82) is 0 Å². The molecule has 5 nitrogen and oxygen atoms in total. The fourth-order valence-corrected chi connectivity index (χ4v) is 2.15. The minimum atomic E-state index is 0.398. The fourth-order valence-electron chi connectivity index (χ4n) is 1.48. The second-order valence-electron chi connectivity index (χ2n) is 3.76. The summed E-state index contributed by atoms with van der Waals surface area (Å²) in [5, 5.41) is 8.85. The number of benzene rings is 1. The van der Waals surface area contributed by atoms with Crippen molar-refractivity contribution >= 4 is 11.8 Å². The quantitative estimate of drug-likeness (QED) is 0.487. The van der Waals surface area contributed by atoms with Gasteiger partial charge in [-0.05, 0) is 5.56 Å². The summed E-state index contributed by atoms with van der Waals surface area (Å²) in [7, 11) is 1.90. The van der Waals surface area contributed by atoms with Crippen molar-refractivity contribution in [3.8, 4) is 0 Å². The number of rotatable bonds is 6. The van der Waals surface area contributed by atoms with Crippen molar-refractivity contribution in [2.45, 2.75) is 18.3 Å². The summed E-state index contributed by atoms with van der Waals surface area (Å²) < 4.78 is 7.46. The summed E-state index contributed by atoms with van der Waals surface area (Å²) in [6.45, 7) is 1.00. The van der Waals surface area contributed by atoms with E-state index in [1.54, 1.807) is 0 Å². The Balaban J connectivity index is 1.77. The van der Waals surface area contributed by atoms with Crippen LogP contribution in [0, 0.1) is 0 Å². The van der Waals surface area contributed by atoms with E-state index in [1.165, 1.54) is 17.3 Å². The lowest BCUT2D eigenvalue weighted by molar-refractivity contribution is 0.169. The van der Waals surface area contributed by atoms with Crippen LogP contribution in [-0.2, 0) is 24.9 Å². The smallest absolute Gasteiger partial charge is 0.193 e. The number of thioether (sulfide) groups is 1. The Hall–Kier alpha value is -1.37. The Morgan fingerprint density at radius 2 is 2.06 bits per heavy atom. The molecule has 1 aromatic heterocycles. The molecule has 0 aliphatic heterocycles. The standard InChI is InChI=1S/C12H16N4OS/c1-16-11(7-13)14-15-12(16)18-9-17-8-10-5-3-2-4-6-10/h2-6H,7-9,13H2,1H3. The number of hydrogen-bond donors (Lipinski definition) is 1. The summed E-state index contributed by atoms with van der Waals surface area (Å²) in [5.41, 5.74) is 6.70. The number of aromatic nitrogens is 3. The molecule has 0 amide bonds. The molecule has 2 aromatic rings. The molecule has 0 saturated heterocycles. The Kier molecular flexibility index (Phi) is 4.74. The normalized spacial score (nSPS) is 10.8. The van der Waals surface area contributed by atoms with E-state index in [9.17, 15) is 0 Å². The van der Waals surface area contributed by atoms with Gasteiger partial charge < -0.3 is 15.0 Å². The van der Waals surface area contributed by atoms with Gasteiger partial charge in [0.1, 0.15) is 11.8 Å². The van der Waals surface area contributed by atoms with E-state index in [-0.39, 0.29) is 0 Å². The number of nitrogens with zero attached hydrogens (tertiary/aromatic N) is 3. The second-order valence-corrected chi connectivity index (χ2v) is 4.65. The molecule has 0 spiro atoms. The largest absolute Gasteiger partial charge is 0.366 e. The van der Waals surface area contributed by atoms with E-state index in [2.05, 4.69) is 10.2 Å². The van der Waals surface area contributed by atoms with Crippen molar-refractivity contribution in [3.63, 3.8) is 0 Å². The van der Waals surface area contributed by atoms with Crippen molar-refractivity contribution in [3.05, 3.63) is 41.7 Å². The summed E-state index contributed by atoms with van der Waals surface area (Å²) in [4.78, 5) is 0. The van der Waals surface area contributed by atoms with Crippen LogP contribution < -0.4 is 5.73 Å². The van der Waals surface area contributed by atoms with E-state index in [0.717, 1.165) is 11.0 Å². The van der Waals surface area contributed by atoms with Gasteiger partial charge >= 0.3 is 0 Å². The Morgan fingerprint density at radius 3 is 2.72 bits per heavy atom. The Labute approximate surface area is 110 Å². The minimum absolute atomic E-state index is 0.398. The molecular weight excluding hydrogens is 248 g/mol. The highest BCUT2D eigenvalue weighted by atomic mass is 32.2. The first-order valence-electron chi connectivity index (χ1n) is 5.64. The molecule has 6 heteroatoms. The summed E-state index contributed by atoms with van der Waals surface area (Å²) in [6, 6.07) is 10.1. The van der Waals surface area contributed by atoms with Crippen LogP contribution in [0.4, 0.5) is 0 Å². The van der Waals surface area contributed by atoms with Crippen molar-refractivity contribution in [1.82, 2.24) is 14.8 Å². The molecule has 0 bridgehead atoms. The van der Waals surface area contributed by atoms with Crippen LogP contribution in [-0.4, -0.2) is 20.7 Å². The molecule has 0 fully saturated rings. The Morgan fingerprint density at radius 1 is 1.28 bits per heavy atom. The monoisotopic (exact) mass is 264 g/mol. The summed E-state index contributed by atoms with van der Waals surface area (Å²) in [5.74, 6) is 1.33. The first-order chi connectivity index (χ1) is 8.81. The highest BCUT2D eigenvalue weighted by Gasteiger charge is 2.07. The number of ether oxygens (including phenoxy) is 1. The van der Waals surface area contributed by atoms with Crippen LogP contribution in [0.2, 0.25) is 0 Å². The molecule has 2 N–H and O–H groups in total. The van der Waals surface area contributed by atoms with Crippen molar-refractivity contribution < 1.29 is 4.74 Å². The maximum atomic E-state index is 5.57. The molecule has 0 saturated carbocycles. The molecule has 0 aliphatic carbocycles. The van der Waals surface area contributed by atoms with Gasteiger partial charge in [-0.2, -0.15) is 0 Å². The van der Waals surface area contributed by atoms with Crippen molar-refractivity contribution in [2.24, 2.45) is 12.8 Å². The Bertz CT molecular complexity index is 486. The van der Waals surface area contributed by atoms with Gasteiger partial charge in [0.25, 0.3) is 0 Å². The van der Waals surface area contributed by atoms with E-state index in [1.807, 2.05) is 41.9 Å². The van der Waals surface area contributed by atoms with Crippen LogP contribution in [0.3, 0.4) is 0 Å². The van der Waals surface area contributed by atoms with Crippen LogP contribution in [0.15, 0.2) is 35.5 Å². The zero-order valence-electron chi connectivity index (χ0n) is 10.2. The molecule has 2 rings (SSSR count). The fraction of sp³-hybridized carbons (Fsp3) is 0.333. The van der Waals surface area contributed by atoms with E-state index in [4.69, 9.17) is 10.5 Å². The van der Waals surface area contributed by atoms with Gasteiger partial charge in [-0.1, -0.05) is 42.1 Å². The van der Waals surface area contributed by atoms with Crippen LogP contribution in [0.1, 0.15) is 11.4 Å². The minimum Gasteiger partial charge on any atom is -0.366 e. The third-order valence-electron chi connectivity index (χ3n) is 2.49. The number of nitrogens with two attached hydrogens (primary N) is 1.